The van der Waals surface area contributed by atoms with Crippen LogP contribution in [0.1, 0.15) is 18.5 Å². The lowest BCUT2D eigenvalue weighted by Crippen LogP contribution is -2.08. The summed E-state index contributed by atoms with van der Waals surface area (Å²) in [4.78, 5) is 0. The van der Waals surface area contributed by atoms with Crippen LogP contribution in [0.3, 0.4) is 0 Å². The summed E-state index contributed by atoms with van der Waals surface area (Å²) in [7, 11) is 0. The number of nitrogens with one attached hydrogen (secondary N) is 1. The topological polar surface area (TPSA) is 38.0 Å². The first-order valence-electron chi connectivity index (χ1n) is 5.63. The van der Waals surface area contributed by atoms with Gasteiger partial charge in [-0.15, -0.1) is 0 Å². The predicted molar refractivity (Wildman–Crippen MR) is 89.8 cm³/mol. The Balaban J connectivity index is 2.18. The van der Waals surface area contributed by atoms with Crippen LogP contribution >= 0.6 is 38.5 Å². The lowest BCUT2D eigenvalue weighted by molar-refractivity contribution is 0.884. The van der Waals surface area contributed by atoms with Crippen molar-refractivity contribution in [2.24, 2.45) is 0 Å². The fraction of sp³-hybridized carbons (Fsp3) is 0.143. The van der Waals surface area contributed by atoms with Gasteiger partial charge in [0.25, 0.3) is 0 Å². The summed E-state index contributed by atoms with van der Waals surface area (Å²) >= 11 is 5.74. The molecule has 0 saturated carbocycles. The van der Waals surface area contributed by atoms with E-state index < -0.39 is 0 Å². The summed E-state index contributed by atoms with van der Waals surface area (Å²) in [6.07, 6.45) is 0. The van der Waals surface area contributed by atoms with E-state index in [4.69, 9.17) is 5.73 Å². The third kappa shape index (κ3) is 3.38. The molecule has 0 saturated heterocycles. The average molecular weight is 417 g/mol. The largest absolute Gasteiger partial charge is 0.397 e. The van der Waals surface area contributed by atoms with Gasteiger partial charge in [-0.3, -0.25) is 0 Å². The molecular formula is C14H14BrIN2. The summed E-state index contributed by atoms with van der Waals surface area (Å²) in [6.45, 7) is 2.12. The Bertz CT molecular complexity index is 557. The summed E-state index contributed by atoms with van der Waals surface area (Å²) in [5.74, 6) is 0. The van der Waals surface area contributed by atoms with E-state index >= 15 is 0 Å². The molecule has 0 aliphatic heterocycles. The number of nitrogen functional groups attached to an aromatic ring is 1. The summed E-state index contributed by atoms with van der Waals surface area (Å²) < 4.78 is 2.23. The van der Waals surface area contributed by atoms with Crippen LogP contribution in [0.4, 0.5) is 11.4 Å². The van der Waals surface area contributed by atoms with E-state index in [1.165, 1.54) is 5.56 Å². The highest BCUT2D eigenvalue weighted by Crippen LogP contribution is 2.26. The highest BCUT2D eigenvalue weighted by Gasteiger charge is 2.07. The van der Waals surface area contributed by atoms with Crippen LogP contribution < -0.4 is 11.1 Å². The van der Waals surface area contributed by atoms with Crippen molar-refractivity contribution in [2.75, 3.05) is 11.1 Å². The number of nitrogens with two attached hydrogens (primary N) is 1. The Morgan fingerprint density at radius 1 is 1.22 bits per heavy atom. The number of hydrogen-bond acceptors (Lipinski definition) is 2. The second-order valence-corrected chi connectivity index (χ2v) is 6.31. The van der Waals surface area contributed by atoms with Crippen molar-refractivity contribution in [3.05, 3.63) is 56.1 Å². The predicted octanol–water partition coefficient (Wildman–Crippen LogP) is 4.81. The Morgan fingerprint density at radius 2 is 2.00 bits per heavy atom. The van der Waals surface area contributed by atoms with E-state index in [-0.39, 0.29) is 6.04 Å². The van der Waals surface area contributed by atoms with Gasteiger partial charge in [-0.1, -0.05) is 28.1 Å². The highest BCUT2D eigenvalue weighted by atomic mass is 127. The normalized spacial score (nSPS) is 12.2. The number of benzene rings is 2. The van der Waals surface area contributed by atoms with Crippen molar-refractivity contribution in [3.63, 3.8) is 0 Å². The van der Waals surface area contributed by atoms with E-state index in [2.05, 4.69) is 62.9 Å². The molecule has 2 rings (SSSR count). The highest BCUT2D eigenvalue weighted by molar-refractivity contribution is 14.1. The van der Waals surface area contributed by atoms with Crippen LogP contribution in [0.15, 0.2) is 46.9 Å². The molecule has 3 N–H and O–H groups in total. The van der Waals surface area contributed by atoms with Crippen molar-refractivity contribution in [1.29, 1.82) is 0 Å². The van der Waals surface area contributed by atoms with Crippen LogP contribution in [-0.4, -0.2) is 0 Å². The van der Waals surface area contributed by atoms with Gasteiger partial charge in [0, 0.05) is 14.1 Å². The minimum absolute atomic E-state index is 0.213. The summed E-state index contributed by atoms with van der Waals surface area (Å²) in [6, 6.07) is 14.5. The minimum atomic E-state index is 0.213. The molecule has 0 spiro atoms. The molecule has 0 fully saturated rings. The third-order valence-corrected chi connectivity index (χ3v) is 3.90. The first-order chi connectivity index (χ1) is 8.56. The van der Waals surface area contributed by atoms with E-state index in [9.17, 15) is 0 Å². The smallest absolute Gasteiger partial charge is 0.0579 e. The van der Waals surface area contributed by atoms with Crippen LogP contribution in [0, 0.1) is 3.57 Å². The van der Waals surface area contributed by atoms with Gasteiger partial charge in [0.1, 0.15) is 0 Å². The third-order valence-electron chi connectivity index (χ3n) is 2.73. The first kappa shape index (κ1) is 13.7. The number of rotatable bonds is 3. The van der Waals surface area contributed by atoms with Gasteiger partial charge in [0.05, 0.1) is 11.4 Å². The Kier molecular flexibility index (Phi) is 4.50. The Morgan fingerprint density at radius 3 is 2.67 bits per heavy atom. The van der Waals surface area contributed by atoms with Crippen LogP contribution in [-0.2, 0) is 0 Å². The number of hydrogen-bond donors (Lipinski definition) is 2. The first-order valence-corrected chi connectivity index (χ1v) is 7.50. The van der Waals surface area contributed by atoms with Crippen molar-refractivity contribution in [2.45, 2.75) is 13.0 Å². The molecule has 2 aromatic rings. The van der Waals surface area contributed by atoms with E-state index in [1.54, 1.807) is 0 Å². The molecule has 0 bridgehead atoms. The second kappa shape index (κ2) is 5.93. The van der Waals surface area contributed by atoms with Crippen molar-refractivity contribution < 1.29 is 0 Å². The van der Waals surface area contributed by atoms with Crippen molar-refractivity contribution >= 4 is 49.9 Å². The Hall–Kier alpha value is -0.750. The van der Waals surface area contributed by atoms with Crippen LogP contribution in [0.2, 0.25) is 0 Å². The van der Waals surface area contributed by atoms with Gasteiger partial charge >= 0.3 is 0 Å². The lowest BCUT2D eigenvalue weighted by atomic mass is 10.1. The van der Waals surface area contributed by atoms with Crippen LogP contribution in [0.5, 0.6) is 0 Å². The van der Waals surface area contributed by atoms with Gasteiger partial charge in [-0.2, -0.15) is 0 Å². The fourth-order valence-electron chi connectivity index (χ4n) is 1.76. The SMILES string of the molecule is CC(Nc1ccc(I)cc1N)c1cccc(Br)c1. The summed E-state index contributed by atoms with van der Waals surface area (Å²) in [5.41, 5.74) is 8.98. The maximum atomic E-state index is 6.00. The fourth-order valence-corrected chi connectivity index (χ4v) is 2.69. The minimum Gasteiger partial charge on any atom is -0.397 e. The van der Waals surface area contributed by atoms with Crippen LogP contribution in [0.25, 0.3) is 0 Å². The monoisotopic (exact) mass is 416 g/mol. The number of anilines is 2. The molecular weight excluding hydrogens is 403 g/mol. The van der Waals surface area contributed by atoms with E-state index in [0.29, 0.717) is 0 Å². The molecule has 1 unspecified atom stereocenters. The lowest BCUT2D eigenvalue weighted by Gasteiger charge is -2.17. The van der Waals surface area contributed by atoms with Gasteiger partial charge < -0.3 is 11.1 Å². The molecule has 94 valence electrons. The van der Waals surface area contributed by atoms with Gasteiger partial charge in [0.15, 0.2) is 0 Å². The van der Waals surface area contributed by atoms with Gasteiger partial charge in [0.2, 0.25) is 0 Å². The van der Waals surface area contributed by atoms with E-state index in [1.807, 2.05) is 30.3 Å². The maximum Gasteiger partial charge on any atom is 0.0579 e. The maximum absolute atomic E-state index is 6.00. The van der Waals surface area contributed by atoms with Gasteiger partial charge in [-0.05, 0) is 65.4 Å². The quantitative estimate of drug-likeness (QED) is 0.556. The molecule has 0 aliphatic carbocycles. The Labute approximate surface area is 129 Å². The molecule has 0 amide bonds. The van der Waals surface area contributed by atoms with Crippen molar-refractivity contribution in [3.8, 4) is 0 Å². The van der Waals surface area contributed by atoms with Gasteiger partial charge in [-0.25, -0.2) is 0 Å². The molecule has 0 aromatic heterocycles. The standard InChI is InChI=1S/C14H14BrIN2/c1-9(10-3-2-4-11(15)7-10)18-14-6-5-12(16)8-13(14)17/h2-9,18H,17H2,1H3. The van der Waals surface area contributed by atoms with Crippen molar-refractivity contribution in [1.82, 2.24) is 0 Å². The molecule has 4 heteroatoms. The zero-order chi connectivity index (χ0) is 13.1. The summed E-state index contributed by atoms with van der Waals surface area (Å²) in [5, 5.41) is 3.43. The molecule has 0 radical (unpaired) electrons. The van der Waals surface area contributed by atoms with E-state index in [0.717, 1.165) is 19.4 Å². The molecule has 2 aromatic carbocycles. The zero-order valence-electron chi connectivity index (χ0n) is 9.95. The average Bonchev–Trinajstić information content (AvgIpc) is 2.32. The molecule has 0 heterocycles. The molecule has 1 atom stereocenters. The second-order valence-electron chi connectivity index (χ2n) is 4.15. The zero-order valence-corrected chi connectivity index (χ0v) is 13.7. The molecule has 0 aliphatic rings. The molecule has 18 heavy (non-hydrogen) atoms. The molecule has 2 nitrogen and oxygen atoms in total. The number of halogens is 2.